The van der Waals surface area contributed by atoms with Crippen LogP contribution >= 0.6 is 11.6 Å². The molecule has 0 unspecified atom stereocenters. The van der Waals surface area contributed by atoms with Crippen molar-refractivity contribution in [1.82, 2.24) is 9.97 Å². The third-order valence-corrected chi connectivity index (χ3v) is 4.85. The van der Waals surface area contributed by atoms with E-state index in [0.717, 1.165) is 6.54 Å². The number of benzene rings is 1. The Bertz CT molecular complexity index is 635. The van der Waals surface area contributed by atoms with Crippen LogP contribution in [0.25, 0.3) is 0 Å². The Hall–Kier alpha value is -1.81. The van der Waals surface area contributed by atoms with Gasteiger partial charge in [0.25, 0.3) is 0 Å². The molecule has 1 fully saturated rings. The molecule has 1 aliphatic carbocycles. The highest BCUT2D eigenvalue weighted by molar-refractivity contribution is 6.31. The molecule has 0 bridgehead atoms. The summed E-state index contributed by atoms with van der Waals surface area (Å²) in [5.74, 6) is 2.49. The average molecular weight is 332 g/mol. The summed E-state index contributed by atoms with van der Waals surface area (Å²) in [5, 5.41) is 3.73. The van der Waals surface area contributed by atoms with Crippen LogP contribution in [0.5, 0.6) is 5.75 Å². The van der Waals surface area contributed by atoms with Crippen molar-refractivity contribution in [3.8, 4) is 5.75 Å². The monoisotopic (exact) mass is 331 g/mol. The fraction of sp³-hybridized carbons (Fsp3) is 0.444. The van der Waals surface area contributed by atoms with E-state index in [4.69, 9.17) is 16.3 Å². The topological polar surface area (TPSA) is 47.0 Å². The van der Waals surface area contributed by atoms with Crippen molar-refractivity contribution in [2.75, 3.05) is 19.0 Å². The Morgan fingerprint density at radius 1 is 1.22 bits per heavy atom. The van der Waals surface area contributed by atoms with Gasteiger partial charge < -0.3 is 10.1 Å². The molecule has 5 heteroatoms. The predicted octanol–water partition coefficient (Wildman–Crippen LogP) is 4.52. The number of anilines is 1. The summed E-state index contributed by atoms with van der Waals surface area (Å²) in [7, 11) is 1.59. The minimum atomic E-state index is 0.343. The second-order valence-electron chi connectivity index (χ2n) is 6.07. The molecule has 122 valence electrons. The second-order valence-corrected chi connectivity index (χ2v) is 6.43. The quantitative estimate of drug-likeness (QED) is 0.818. The molecule has 2 aromatic rings. The van der Waals surface area contributed by atoms with Crippen LogP contribution < -0.4 is 10.1 Å². The largest absolute Gasteiger partial charge is 0.490 e. The molecule has 0 radical (unpaired) electrons. The fourth-order valence-corrected chi connectivity index (χ4v) is 3.61. The predicted molar refractivity (Wildman–Crippen MR) is 93.2 cm³/mol. The van der Waals surface area contributed by atoms with Crippen molar-refractivity contribution in [3.63, 3.8) is 0 Å². The molecule has 1 aliphatic rings. The van der Waals surface area contributed by atoms with Crippen molar-refractivity contribution in [2.45, 2.75) is 31.6 Å². The first-order valence-corrected chi connectivity index (χ1v) is 8.49. The zero-order chi connectivity index (χ0) is 16.1. The highest BCUT2D eigenvalue weighted by atomic mass is 35.5. The molecule has 1 heterocycles. The van der Waals surface area contributed by atoms with Gasteiger partial charge in [0, 0.05) is 6.54 Å². The Labute approximate surface area is 142 Å². The third kappa shape index (κ3) is 3.94. The van der Waals surface area contributed by atoms with Crippen LogP contribution in [0.1, 0.15) is 37.2 Å². The number of halogens is 1. The van der Waals surface area contributed by atoms with Gasteiger partial charge in [-0.15, -0.1) is 0 Å². The SMILES string of the molecule is COc1c(Cl)ncnc1NC[C@H]1CCC[C@@H](c2ccccc2)C1. The molecule has 1 N–H and O–H groups in total. The molecule has 0 spiro atoms. The summed E-state index contributed by atoms with van der Waals surface area (Å²) < 4.78 is 5.29. The van der Waals surface area contributed by atoms with Crippen molar-refractivity contribution < 1.29 is 4.74 Å². The Balaban J connectivity index is 1.61. The number of nitrogens with one attached hydrogen (secondary N) is 1. The number of hydrogen-bond donors (Lipinski definition) is 1. The molecule has 0 saturated heterocycles. The van der Waals surface area contributed by atoms with E-state index in [2.05, 4.69) is 45.6 Å². The molecule has 4 nitrogen and oxygen atoms in total. The maximum Gasteiger partial charge on any atom is 0.198 e. The Morgan fingerprint density at radius 3 is 2.83 bits per heavy atom. The van der Waals surface area contributed by atoms with Crippen LogP contribution in [0.3, 0.4) is 0 Å². The lowest BCUT2D eigenvalue weighted by atomic mass is 9.78. The van der Waals surface area contributed by atoms with E-state index in [1.165, 1.54) is 37.6 Å². The molecular formula is C18H22ClN3O. The lowest BCUT2D eigenvalue weighted by molar-refractivity contribution is 0.334. The van der Waals surface area contributed by atoms with Crippen molar-refractivity contribution >= 4 is 17.4 Å². The summed E-state index contributed by atoms with van der Waals surface area (Å²) in [4.78, 5) is 8.19. The van der Waals surface area contributed by atoms with Gasteiger partial charge >= 0.3 is 0 Å². The first-order chi connectivity index (χ1) is 11.3. The lowest BCUT2D eigenvalue weighted by Gasteiger charge is -2.29. The first kappa shape index (κ1) is 16.1. The molecule has 3 rings (SSSR count). The molecule has 0 amide bonds. The van der Waals surface area contributed by atoms with Crippen molar-refractivity contribution in [1.29, 1.82) is 0 Å². The smallest absolute Gasteiger partial charge is 0.198 e. The van der Waals surface area contributed by atoms with Crippen LogP contribution in [0.2, 0.25) is 5.15 Å². The highest BCUT2D eigenvalue weighted by Crippen LogP contribution is 2.36. The van der Waals surface area contributed by atoms with Gasteiger partial charge in [0.2, 0.25) is 0 Å². The van der Waals surface area contributed by atoms with Gasteiger partial charge in [-0.25, -0.2) is 9.97 Å². The van der Waals surface area contributed by atoms with E-state index < -0.39 is 0 Å². The molecule has 1 aromatic carbocycles. The Morgan fingerprint density at radius 2 is 2.04 bits per heavy atom. The van der Waals surface area contributed by atoms with Crippen LogP contribution in [0.4, 0.5) is 5.82 Å². The van der Waals surface area contributed by atoms with E-state index in [0.29, 0.717) is 28.6 Å². The van der Waals surface area contributed by atoms with Crippen LogP contribution in [-0.4, -0.2) is 23.6 Å². The normalized spacial score (nSPS) is 21.0. The summed E-state index contributed by atoms with van der Waals surface area (Å²) in [6.45, 7) is 0.882. The van der Waals surface area contributed by atoms with Crippen LogP contribution in [0, 0.1) is 5.92 Å². The minimum Gasteiger partial charge on any atom is -0.490 e. The number of aromatic nitrogens is 2. The van der Waals surface area contributed by atoms with Gasteiger partial charge in [0.05, 0.1) is 7.11 Å². The van der Waals surface area contributed by atoms with E-state index in [9.17, 15) is 0 Å². The van der Waals surface area contributed by atoms with Gasteiger partial charge in [-0.05, 0) is 36.7 Å². The summed E-state index contributed by atoms with van der Waals surface area (Å²) in [6, 6.07) is 10.8. The van der Waals surface area contributed by atoms with Gasteiger partial charge in [-0.1, -0.05) is 48.4 Å². The van der Waals surface area contributed by atoms with Crippen LogP contribution in [0.15, 0.2) is 36.7 Å². The Kier molecular flexibility index (Phi) is 5.34. The second kappa shape index (κ2) is 7.64. The summed E-state index contributed by atoms with van der Waals surface area (Å²) in [6.07, 6.45) is 6.47. The number of ether oxygens (including phenoxy) is 1. The van der Waals surface area contributed by atoms with Crippen LogP contribution in [-0.2, 0) is 0 Å². The third-order valence-electron chi connectivity index (χ3n) is 4.58. The number of nitrogens with zero attached hydrogens (tertiary/aromatic N) is 2. The standard InChI is InChI=1S/C18H22ClN3O/c1-23-16-17(19)21-12-22-18(16)20-11-13-6-5-9-15(10-13)14-7-3-2-4-8-14/h2-4,7-8,12-13,15H,5-6,9-11H2,1H3,(H,20,21,22)/t13-,15+/m0/s1. The lowest BCUT2D eigenvalue weighted by Crippen LogP contribution is -2.22. The fourth-order valence-electron chi connectivity index (χ4n) is 3.40. The number of rotatable bonds is 5. The van der Waals surface area contributed by atoms with Crippen molar-refractivity contribution in [2.24, 2.45) is 5.92 Å². The van der Waals surface area contributed by atoms with Gasteiger partial charge in [-0.2, -0.15) is 0 Å². The maximum absolute atomic E-state index is 6.04. The zero-order valence-corrected chi connectivity index (χ0v) is 14.1. The van der Waals surface area contributed by atoms with Crippen molar-refractivity contribution in [3.05, 3.63) is 47.4 Å². The molecule has 1 saturated carbocycles. The maximum atomic E-state index is 6.04. The molecule has 23 heavy (non-hydrogen) atoms. The number of methoxy groups -OCH3 is 1. The molecular weight excluding hydrogens is 310 g/mol. The van der Waals surface area contributed by atoms with E-state index in [-0.39, 0.29) is 0 Å². The summed E-state index contributed by atoms with van der Waals surface area (Å²) in [5.41, 5.74) is 1.46. The molecule has 0 aliphatic heterocycles. The first-order valence-electron chi connectivity index (χ1n) is 8.11. The zero-order valence-electron chi connectivity index (χ0n) is 13.3. The van der Waals surface area contributed by atoms with E-state index in [1.54, 1.807) is 7.11 Å². The molecule has 2 atom stereocenters. The van der Waals surface area contributed by atoms with Gasteiger partial charge in [-0.3, -0.25) is 0 Å². The minimum absolute atomic E-state index is 0.343. The van der Waals surface area contributed by atoms with Gasteiger partial charge in [0.15, 0.2) is 16.7 Å². The van der Waals surface area contributed by atoms with E-state index >= 15 is 0 Å². The molecule has 1 aromatic heterocycles. The average Bonchev–Trinajstić information content (AvgIpc) is 2.61. The highest BCUT2D eigenvalue weighted by Gasteiger charge is 2.23. The van der Waals surface area contributed by atoms with E-state index in [1.807, 2.05) is 0 Å². The number of hydrogen-bond acceptors (Lipinski definition) is 4. The van der Waals surface area contributed by atoms with Gasteiger partial charge in [0.1, 0.15) is 6.33 Å². The summed E-state index contributed by atoms with van der Waals surface area (Å²) >= 11 is 6.04.